The summed E-state index contributed by atoms with van der Waals surface area (Å²) in [6, 6.07) is 0.239. The van der Waals surface area contributed by atoms with Gasteiger partial charge in [0.2, 0.25) is 0 Å². The lowest BCUT2D eigenvalue weighted by atomic mass is 10.1. The van der Waals surface area contributed by atoms with Crippen molar-refractivity contribution in [2.45, 2.75) is 26.3 Å². The molecule has 1 unspecified atom stereocenters. The molecular formula is C10H20N4. The van der Waals surface area contributed by atoms with Crippen molar-refractivity contribution in [1.29, 1.82) is 0 Å². The maximum atomic E-state index is 5.72. The lowest BCUT2D eigenvalue weighted by molar-refractivity contribution is 0.537. The van der Waals surface area contributed by atoms with E-state index in [2.05, 4.69) is 24.3 Å². The van der Waals surface area contributed by atoms with Gasteiger partial charge in [0, 0.05) is 30.9 Å². The van der Waals surface area contributed by atoms with Crippen LogP contribution in [0.3, 0.4) is 0 Å². The normalized spacial score (nSPS) is 13.1. The Hall–Kier alpha value is -0.870. The van der Waals surface area contributed by atoms with Gasteiger partial charge in [0.05, 0.1) is 6.20 Å². The average molecular weight is 196 g/mol. The van der Waals surface area contributed by atoms with Gasteiger partial charge in [-0.05, 0) is 19.9 Å². The fourth-order valence-corrected chi connectivity index (χ4v) is 1.50. The number of hydrogen-bond acceptors (Lipinski definition) is 3. The molecule has 0 spiro atoms. The molecule has 3 N–H and O–H groups in total. The third kappa shape index (κ3) is 2.33. The number of aryl methyl sites for hydroxylation is 1. The van der Waals surface area contributed by atoms with E-state index in [0.29, 0.717) is 6.54 Å². The van der Waals surface area contributed by atoms with Gasteiger partial charge >= 0.3 is 0 Å². The van der Waals surface area contributed by atoms with Gasteiger partial charge in [0.25, 0.3) is 0 Å². The first-order valence-corrected chi connectivity index (χ1v) is 5.12. The van der Waals surface area contributed by atoms with Crippen LogP contribution in [0.4, 0.5) is 0 Å². The molecule has 0 saturated carbocycles. The predicted molar refractivity (Wildman–Crippen MR) is 58.0 cm³/mol. The van der Waals surface area contributed by atoms with Gasteiger partial charge in [-0.1, -0.05) is 6.92 Å². The van der Waals surface area contributed by atoms with E-state index < -0.39 is 0 Å². The summed E-state index contributed by atoms with van der Waals surface area (Å²) in [5, 5.41) is 7.63. The number of rotatable bonds is 5. The molecule has 0 aliphatic carbocycles. The maximum Gasteiger partial charge on any atom is 0.0540 e. The van der Waals surface area contributed by atoms with Crippen molar-refractivity contribution in [1.82, 2.24) is 15.1 Å². The van der Waals surface area contributed by atoms with E-state index >= 15 is 0 Å². The van der Waals surface area contributed by atoms with E-state index in [9.17, 15) is 0 Å². The van der Waals surface area contributed by atoms with Crippen LogP contribution in [0.15, 0.2) is 6.20 Å². The number of nitrogens with two attached hydrogens (primary N) is 1. The first-order chi connectivity index (χ1) is 6.70. The topological polar surface area (TPSA) is 55.9 Å². The van der Waals surface area contributed by atoms with Gasteiger partial charge in [-0.15, -0.1) is 0 Å². The second-order valence-electron chi connectivity index (χ2n) is 3.55. The van der Waals surface area contributed by atoms with Crippen LogP contribution in [0.2, 0.25) is 0 Å². The van der Waals surface area contributed by atoms with Gasteiger partial charge < -0.3 is 11.1 Å². The summed E-state index contributed by atoms with van der Waals surface area (Å²) in [5.41, 5.74) is 8.12. The first kappa shape index (κ1) is 11.2. The highest BCUT2D eigenvalue weighted by Gasteiger charge is 2.13. The van der Waals surface area contributed by atoms with E-state index in [1.54, 1.807) is 0 Å². The van der Waals surface area contributed by atoms with Crippen LogP contribution in [0, 0.1) is 6.92 Å². The van der Waals surface area contributed by atoms with E-state index in [1.807, 2.05) is 17.9 Å². The lowest BCUT2D eigenvalue weighted by Gasteiger charge is -2.15. The van der Waals surface area contributed by atoms with Gasteiger partial charge in [-0.3, -0.25) is 4.68 Å². The molecule has 0 aliphatic heterocycles. The fourth-order valence-electron chi connectivity index (χ4n) is 1.50. The molecule has 80 valence electrons. The monoisotopic (exact) mass is 196 g/mol. The van der Waals surface area contributed by atoms with Crippen LogP contribution in [0.25, 0.3) is 0 Å². The summed E-state index contributed by atoms with van der Waals surface area (Å²) >= 11 is 0. The Morgan fingerprint density at radius 3 is 2.79 bits per heavy atom. The number of nitrogens with one attached hydrogen (secondary N) is 1. The highest BCUT2D eigenvalue weighted by Crippen LogP contribution is 2.15. The number of nitrogens with zero attached hydrogens (tertiary/aromatic N) is 2. The highest BCUT2D eigenvalue weighted by atomic mass is 15.3. The molecule has 0 aliphatic rings. The van der Waals surface area contributed by atoms with Crippen molar-refractivity contribution < 1.29 is 0 Å². The Morgan fingerprint density at radius 1 is 1.64 bits per heavy atom. The quantitative estimate of drug-likeness (QED) is 0.730. The molecule has 4 heteroatoms. The Balaban J connectivity index is 2.73. The Labute approximate surface area is 85.5 Å². The molecule has 14 heavy (non-hydrogen) atoms. The highest BCUT2D eigenvalue weighted by molar-refractivity contribution is 5.20. The van der Waals surface area contributed by atoms with Crippen LogP contribution >= 0.6 is 0 Å². The van der Waals surface area contributed by atoms with Crippen LogP contribution in [-0.4, -0.2) is 22.9 Å². The fraction of sp³-hybridized carbons (Fsp3) is 0.700. The molecule has 0 bridgehead atoms. The SMILES string of the molecule is CCCNC(CN)c1cnn(C)c1C. The molecule has 1 heterocycles. The molecule has 0 saturated heterocycles. The summed E-state index contributed by atoms with van der Waals surface area (Å²) in [6.07, 6.45) is 3.02. The maximum absolute atomic E-state index is 5.72. The third-order valence-corrected chi connectivity index (χ3v) is 2.53. The molecule has 1 aromatic heterocycles. The molecule has 0 radical (unpaired) electrons. The molecule has 1 atom stereocenters. The zero-order valence-electron chi connectivity index (χ0n) is 9.25. The largest absolute Gasteiger partial charge is 0.329 e. The predicted octanol–water partition coefficient (Wildman–Crippen LogP) is 0.728. The average Bonchev–Trinajstić information content (AvgIpc) is 2.51. The minimum atomic E-state index is 0.239. The van der Waals surface area contributed by atoms with Crippen molar-refractivity contribution in [3.8, 4) is 0 Å². The smallest absolute Gasteiger partial charge is 0.0540 e. The van der Waals surface area contributed by atoms with Crippen molar-refractivity contribution in [3.63, 3.8) is 0 Å². The summed E-state index contributed by atoms with van der Waals surface area (Å²) in [5.74, 6) is 0. The van der Waals surface area contributed by atoms with Crippen LogP contribution < -0.4 is 11.1 Å². The first-order valence-electron chi connectivity index (χ1n) is 5.12. The van der Waals surface area contributed by atoms with Crippen molar-refractivity contribution in [2.75, 3.05) is 13.1 Å². The minimum Gasteiger partial charge on any atom is -0.329 e. The summed E-state index contributed by atoms with van der Waals surface area (Å²) in [6.45, 7) is 5.83. The zero-order chi connectivity index (χ0) is 10.6. The lowest BCUT2D eigenvalue weighted by Crippen LogP contribution is -2.29. The zero-order valence-corrected chi connectivity index (χ0v) is 9.25. The minimum absolute atomic E-state index is 0.239. The molecule has 1 rings (SSSR count). The van der Waals surface area contributed by atoms with Gasteiger partial charge in [0.15, 0.2) is 0 Å². The summed E-state index contributed by atoms with van der Waals surface area (Å²) < 4.78 is 1.88. The van der Waals surface area contributed by atoms with E-state index in [4.69, 9.17) is 5.73 Å². The van der Waals surface area contributed by atoms with Crippen molar-refractivity contribution in [2.24, 2.45) is 12.8 Å². The van der Waals surface area contributed by atoms with E-state index in [0.717, 1.165) is 13.0 Å². The summed E-state index contributed by atoms with van der Waals surface area (Å²) in [7, 11) is 1.95. The Morgan fingerprint density at radius 2 is 2.36 bits per heavy atom. The third-order valence-electron chi connectivity index (χ3n) is 2.53. The van der Waals surface area contributed by atoms with Gasteiger partial charge in [-0.25, -0.2) is 0 Å². The van der Waals surface area contributed by atoms with Crippen LogP contribution in [-0.2, 0) is 7.05 Å². The number of aromatic nitrogens is 2. The second-order valence-corrected chi connectivity index (χ2v) is 3.55. The number of hydrogen-bond donors (Lipinski definition) is 2. The van der Waals surface area contributed by atoms with Crippen LogP contribution in [0.1, 0.15) is 30.6 Å². The molecule has 0 aromatic carbocycles. The molecule has 4 nitrogen and oxygen atoms in total. The van der Waals surface area contributed by atoms with E-state index in [-0.39, 0.29) is 6.04 Å². The molecule has 0 amide bonds. The van der Waals surface area contributed by atoms with Gasteiger partial charge in [0.1, 0.15) is 0 Å². The van der Waals surface area contributed by atoms with E-state index in [1.165, 1.54) is 11.3 Å². The molecular weight excluding hydrogens is 176 g/mol. The molecule has 1 aromatic rings. The Kier molecular flexibility index (Phi) is 4.10. The second kappa shape index (κ2) is 5.12. The molecule has 0 fully saturated rings. The summed E-state index contributed by atoms with van der Waals surface area (Å²) in [4.78, 5) is 0. The standard InChI is InChI=1S/C10H20N4/c1-4-5-12-10(6-11)9-7-13-14(3)8(9)2/h7,10,12H,4-6,11H2,1-3H3. The van der Waals surface area contributed by atoms with Crippen molar-refractivity contribution >= 4 is 0 Å². The Bertz CT molecular complexity index is 280. The van der Waals surface area contributed by atoms with Gasteiger partial charge in [-0.2, -0.15) is 5.10 Å². The van der Waals surface area contributed by atoms with Crippen LogP contribution in [0.5, 0.6) is 0 Å². The van der Waals surface area contributed by atoms with Crippen molar-refractivity contribution in [3.05, 3.63) is 17.5 Å².